The molecule has 1 heterocycles. The maximum Gasteiger partial charge on any atom is 0.276 e. The molecule has 0 amide bonds. The fourth-order valence-electron chi connectivity index (χ4n) is 2.45. The number of halogens is 2. The van der Waals surface area contributed by atoms with Gasteiger partial charge in [-0.3, -0.25) is 0 Å². The second-order valence-electron chi connectivity index (χ2n) is 4.73. The Labute approximate surface area is 106 Å². The van der Waals surface area contributed by atoms with E-state index < -0.39 is 11.8 Å². The quantitative estimate of drug-likeness (QED) is 0.895. The average molecular weight is 255 g/mol. The van der Waals surface area contributed by atoms with Crippen molar-refractivity contribution >= 4 is 0 Å². The van der Waals surface area contributed by atoms with Gasteiger partial charge in [0.2, 0.25) is 0 Å². The van der Waals surface area contributed by atoms with Gasteiger partial charge in [-0.15, -0.1) is 0 Å². The highest BCUT2D eigenvalue weighted by atomic mass is 19.3. The highest BCUT2D eigenvalue weighted by Gasteiger charge is 2.41. The van der Waals surface area contributed by atoms with E-state index in [1.54, 1.807) is 12.1 Å². The molecule has 1 atom stereocenters. The molecule has 4 heteroatoms. The zero-order chi connectivity index (χ0) is 13.0. The average Bonchev–Trinajstić information content (AvgIpc) is 2.68. The second-order valence-corrected chi connectivity index (χ2v) is 4.73. The normalized spacial score (nSPS) is 21.4. The summed E-state index contributed by atoms with van der Waals surface area (Å²) in [4.78, 5) is 0. The van der Waals surface area contributed by atoms with E-state index in [-0.39, 0.29) is 5.56 Å². The molecular formula is C14H19F2NO. The van der Waals surface area contributed by atoms with E-state index in [2.05, 4.69) is 5.32 Å². The molecule has 0 spiro atoms. The molecule has 1 aliphatic rings. The Morgan fingerprint density at radius 2 is 2.11 bits per heavy atom. The van der Waals surface area contributed by atoms with Crippen molar-refractivity contribution < 1.29 is 13.5 Å². The van der Waals surface area contributed by atoms with Crippen LogP contribution in [0.3, 0.4) is 0 Å². The van der Waals surface area contributed by atoms with Crippen LogP contribution in [0.25, 0.3) is 0 Å². The van der Waals surface area contributed by atoms with Gasteiger partial charge in [0.1, 0.15) is 5.75 Å². The van der Waals surface area contributed by atoms with Crippen LogP contribution in [-0.2, 0) is 5.92 Å². The minimum absolute atomic E-state index is 0.0637. The van der Waals surface area contributed by atoms with Crippen LogP contribution in [0.2, 0.25) is 0 Å². The van der Waals surface area contributed by atoms with Gasteiger partial charge in [-0.1, -0.05) is 12.1 Å². The standard InChI is InChI=1S/C14H19F2NO/c1-18-13-6-2-4-12(10-13)14(15,16)11-5-3-8-17-9-7-11/h2,4,6,10-11,17H,3,5,7-9H2,1H3. The number of hydrogen-bond acceptors (Lipinski definition) is 2. The van der Waals surface area contributed by atoms with Crippen LogP contribution in [0.4, 0.5) is 8.78 Å². The van der Waals surface area contributed by atoms with E-state index in [4.69, 9.17) is 4.74 Å². The Balaban J connectivity index is 2.21. The van der Waals surface area contributed by atoms with Crippen molar-refractivity contribution in [2.45, 2.75) is 25.2 Å². The van der Waals surface area contributed by atoms with Crippen molar-refractivity contribution in [3.8, 4) is 5.75 Å². The fourth-order valence-corrected chi connectivity index (χ4v) is 2.45. The maximum atomic E-state index is 14.5. The summed E-state index contributed by atoms with van der Waals surface area (Å²) in [5.41, 5.74) is 0.0637. The summed E-state index contributed by atoms with van der Waals surface area (Å²) < 4.78 is 33.9. The lowest BCUT2D eigenvalue weighted by atomic mass is 9.88. The van der Waals surface area contributed by atoms with Gasteiger partial charge in [0.05, 0.1) is 7.11 Å². The smallest absolute Gasteiger partial charge is 0.276 e. The molecule has 2 nitrogen and oxygen atoms in total. The molecular weight excluding hydrogens is 236 g/mol. The van der Waals surface area contributed by atoms with Crippen LogP contribution in [0.15, 0.2) is 24.3 Å². The number of methoxy groups -OCH3 is 1. The van der Waals surface area contributed by atoms with Gasteiger partial charge >= 0.3 is 0 Å². The van der Waals surface area contributed by atoms with Crippen LogP contribution >= 0.6 is 0 Å². The van der Waals surface area contributed by atoms with Crippen molar-refractivity contribution in [2.75, 3.05) is 20.2 Å². The highest BCUT2D eigenvalue weighted by molar-refractivity contribution is 5.31. The molecule has 0 saturated carbocycles. The molecule has 1 saturated heterocycles. The van der Waals surface area contributed by atoms with Gasteiger partial charge in [-0.05, 0) is 44.5 Å². The largest absolute Gasteiger partial charge is 0.497 e. The summed E-state index contributed by atoms with van der Waals surface area (Å²) in [7, 11) is 1.49. The molecule has 2 rings (SSSR count). The van der Waals surface area contributed by atoms with Crippen molar-refractivity contribution in [2.24, 2.45) is 5.92 Å². The molecule has 1 fully saturated rings. The van der Waals surface area contributed by atoms with Gasteiger partial charge in [0, 0.05) is 11.5 Å². The first-order valence-corrected chi connectivity index (χ1v) is 6.37. The minimum Gasteiger partial charge on any atom is -0.497 e. The minimum atomic E-state index is -2.78. The van der Waals surface area contributed by atoms with E-state index in [0.717, 1.165) is 13.0 Å². The molecule has 1 N–H and O–H groups in total. The van der Waals surface area contributed by atoms with Gasteiger partial charge < -0.3 is 10.1 Å². The van der Waals surface area contributed by atoms with Crippen molar-refractivity contribution in [3.05, 3.63) is 29.8 Å². The summed E-state index contributed by atoms with van der Waals surface area (Å²) in [6.45, 7) is 1.51. The maximum absolute atomic E-state index is 14.5. The monoisotopic (exact) mass is 255 g/mol. The summed E-state index contributed by atoms with van der Waals surface area (Å²) in [5, 5.41) is 3.17. The van der Waals surface area contributed by atoms with Gasteiger partial charge in [-0.2, -0.15) is 0 Å². The van der Waals surface area contributed by atoms with Crippen molar-refractivity contribution in [3.63, 3.8) is 0 Å². The van der Waals surface area contributed by atoms with Crippen molar-refractivity contribution in [1.82, 2.24) is 5.32 Å². The molecule has 0 aliphatic carbocycles. The predicted octanol–water partition coefficient (Wildman–Crippen LogP) is 3.18. The predicted molar refractivity (Wildman–Crippen MR) is 67.1 cm³/mol. The Kier molecular flexibility index (Phi) is 4.17. The number of ether oxygens (including phenoxy) is 1. The van der Waals surface area contributed by atoms with E-state index in [1.165, 1.54) is 19.2 Å². The first-order valence-electron chi connectivity index (χ1n) is 6.37. The van der Waals surface area contributed by atoms with E-state index in [0.29, 0.717) is 25.1 Å². The van der Waals surface area contributed by atoms with Crippen LogP contribution in [0.5, 0.6) is 5.75 Å². The van der Waals surface area contributed by atoms with Crippen LogP contribution in [0.1, 0.15) is 24.8 Å². The van der Waals surface area contributed by atoms with E-state index in [9.17, 15) is 8.78 Å². The zero-order valence-corrected chi connectivity index (χ0v) is 10.6. The van der Waals surface area contributed by atoms with E-state index >= 15 is 0 Å². The van der Waals surface area contributed by atoms with Gasteiger partial charge in [0.15, 0.2) is 0 Å². The number of benzene rings is 1. The van der Waals surface area contributed by atoms with Crippen molar-refractivity contribution in [1.29, 1.82) is 0 Å². The number of hydrogen-bond donors (Lipinski definition) is 1. The molecule has 1 unspecified atom stereocenters. The summed E-state index contributed by atoms with van der Waals surface area (Å²) in [6.07, 6.45) is 1.89. The van der Waals surface area contributed by atoms with Gasteiger partial charge in [0.25, 0.3) is 5.92 Å². The molecule has 1 aromatic carbocycles. The lowest BCUT2D eigenvalue weighted by Gasteiger charge is -2.26. The summed E-state index contributed by atoms with van der Waals surface area (Å²) in [6, 6.07) is 6.24. The highest BCUT2D eigenvalue weighted by Crippen LogP contribution is 2.41. The first-order chi connectivity index (χ1) is 8.64. The van der Waals surface area contributed by atoms with Crippen LogP contribution < -0.4 is 10.1 Å². The van der Waals surface area contributed by atoms with Crippen LogP contribution in [-0.4, -0.2) is 20.2 Å². The summed E-state index contributed by atoms with van der Waals surface area (Å²) in [5.74, 6) is -2.88. The molecule has 0 radical (unpaired) electrons. The third-order valence-corrected chi connectivity index (χ3v) is 3.54. The topological polar surface area (TPSA) is 21.3 Å². The Bertz CT molecular complexity index is 387. The molecule has 18 heavy (non-hydrogen) atoms. The molecule has 0 aromatic heterocycles. The van der Waals surface area contributed by atoms with Crippen LogP contribution in [0, 0.1) is 5.92 Å². The third kappa shape index (κ3) is 2.80. The Morgan fingerprint density at radius 1 is 1.28 bits per heavy atom. The Morgan fingerprint density at radius 3 is 2.89 bits per heavy atom. The molecule has 1 aliphatic heterocycles. The third-order valence-electron chi connectivity index (χ3n) is 3.54. The van der Waals surface area contributed by atoms with Gasteiger partial charge in [-0.25, -0.2) is 8.78 Å². The molecule has 1 aromatic rings. The SMILES string of the molecule is COc1cccc(C(F)(F)C2CCCNCC2)c1. The molecule has 0 bridgehead atoms. The second kappa shape index (κ2) is 5.65. The van der Waals surface area contributed by atoms with E-state index in [1.807, 2.05) is 0 Å². The Hall–Kier alpha value is -1.16. The number of nitrogens with one attached hydrogen (secondary N) is 1. The number of alkyl halides is 2. The lowest BCUT2D eigenvalue weighted by molar-refractivity contribution is -0.0695. The summed E-state index contributed by atoms with van der Waals surface area (Å²) >= 11 is 0. The lowest BCUT2D eigenvalue weighted by Crippen LogP contribution is -2.27. The molecule has 100 valence electrons. The fraction of sp³-hybridized carbons (Fsp3) is 0.571. The zero-order valence-electron chi connectivity index (χ0n) is 10.6. The number of rotatable bonds is 3. The first kappa shape index (κ1) is 13.3.